The van der Waals surface area contributed by atoms with E-state index in [1.807, 2.05) is 0 Å². The van der Waals surface area contributed by atoms with Gasteiger partial charge in [0.25, 0.3) is 0 Å². The monoisotopic (exact) mass is 284 g/mol. The molecule has 2 saturated heterocycles. The molecular formula is C19H28N2. The number of benzene rings is 1. The number of hydrogen-bond acceptors (Lipinski definition) is 2. The highest BCUT2D eigenvalue weighted by Gasteiger charge is 2.33. The van der Waals surface area contributed by atoms with Gasteiger partial charge in [-0.15, -0.1) is 0 Å². The normalized spacial score (nSPS) is 23.4. The predicted molar refractivity (Wildman–Crippen MR) is 90.3 cm³/mol. The Balaban J connectivity index is 1.50. The molecule has 2 fully saturated rings. The van der Waals surface area contributed by atoms with E-state index in [9.17, 15) is 0 Å². The van der Waals surface area contributed by atoms with E-state index in [0.29, 0.717) is 5.41 Å². The Labute approximate surface area is 129 Å². The number of piperidine rings is 1. The second kappa shape index (κ2) is 7.24. The van der Waals surface area contributed by atoms with Crippen molar-refractivity contribution in [1.29, 1.82) is 0 Å². The molecule has 2 nitrogen and oxygen atoms in total. The largest absolute Gasteiger partial charge is 0.317 e. The molecule has 1 N–H and O–H groups in total. The summed E-state index contributed by atoms with van der Waals surface area (Å²) < 4.78 is 0. The highest BCUT2D eigenvalue weighted by molar-refractivity contribution is 5.48. The minimum Gasteiger partial charge on any atom is -0.317 e. The molecule has 0 saturated carbocycles. The van der Waals surface area contributed by atoms with E-state index in [1.54, 1.807) is 0 Å². The quantitative estimate of drug-likeness (QED) is 0.913. The van der Waals surface area contributed by atoms with Crippen LogP contribution in [0.4, 0.5) is 0 Å². The zero-order chi connectivity index (χ0) is 14.4. The summed E-state index contributed by atoms with van der Waals surface area (Å²) in [5.74, 6) is 0. The molecule has 1 aromatic rings. The lowest BCUT2D eigenvalue weighted by molar-refractivity contribution is 0.170. The molecule has 2 heterocycles. The third kappa shape index (κ3) is 4.18. The molecule has 114 valence electrons. The smallest absolute Gasteiger partial charge is 0.0166 e. The minimum absolute atomic E-state index is 0.656. The number of nitrogens with one attached hydrogen (secondary N) is 1. The molecule has 0 unspecified atom stereocenters. The summed E-state index contributed by atoms with van der Waals surface area (Å²) in [5.41, 5.74) is 1.96. The van der Waals surface area contributed by atoms with Gasteiger partial charge < -0.3 is 5.32 Å². The van der Waals surface area contributed by atoms with Crippen LogP contribution in [0.1, 0.15) is 37.7 Å². The van der Waals surface area contributed by atoms with Gasteiger partial charge >= 0.3 is 0 Å². The Morgan fingerprint density at radius 3 is 2.62 bits per heavy atom. The van der Waals surface area contributed by atoms with Crippen molar-refractivity contribution in [2.75, 3.05) is 32.7 Å². The molecule has 0 radical (unpaired) electrons. The van der Waals surface area contributed by atoms with Crippen LogP contribution < -0.4 is 5.32 Å². The van der Waals surface area contributed by atoms with Gasteiger partial charge in [-0.1, -0.05) is 42.5 Å². The highest BCUT2D eigenvalue weighted by Crippen LogP contribution is 2.39. The third-order valence-corrected chi connectivity index (χ3v) is 5.28. The Morgan fingerprint density at radius 2 is 1.81 bits per heavy atom. The summed E-state index contributed by atoms with van der Waals surface area (Å²) in [6, 6.07) is 10.6. The maximum atomic E-state index is 3.52. The summed E-state index contributed by atoms with van der Waals surface area (Å²) in [6.07, 6.45) is 11.6. The average molecular weight is 284 g/mol. The molecule has 0 amide bonds. The van der Waals surface area contributed by atoms with E-state index in [0.717, 1.165) is 6.54 Å². The van der Waals surface area contributed by atoms with Crippen LogP contribution in [0.15, 0.2) is 36.4 Å². The SMILES string of the molecule is C(=Cc1ccccc1)CN1CCCC2(CCNCC2)CC1. The van der Waals surface area contributed by atoms with Gasteiger partial charge in [-0.2, -0.15) is 0 Å². The van der Waals surface area contributed by atoms with Crippen molar-refractivity contribution >= 4 is 6.08 Å². The van der Waals surface area contributed by atoms with Crippen LogP contribution in [-0.2, 0) is 0 Å². The van der Waals surface area contributed by atoms with Crippen LogP contribution in [-0.4, -0.2) is 37.6 Å². The van der Waals surface area contributed by atoms with Gasteiger partial charge in [0.1, 0.15) is 0 Å². The van der Waals surface area contributed by atoms with Crippen LogP contribution >= 0.6 is 0 Å². The van der Waals surface area contributed by atoms with Gasteiger partial charge in [0.05, 0.1) is 0 Å². The molecule has 1 spiro atoms. The summed E-state index contributed by atoms with van der Waals surface area (Å²) in [4.78, 5) is 2.64. The van der Waals surface area contributed by atoms with Gasteiger partial charge in [0.2, 0.25) is 0 Å². The summed E-state index contributed by atoms with van der Waals surface area (Å²) >= 11 is 0. The second-order valence-electron chi connectivity index (χ2n) is 6.72. The molecule has 2 heteroatoms. The Bertz CT molecular complexity index is 446. The molecular weight excluding hydrogens is 256 g/mol. The maximum Gasteiger partial charge on any atom is 0.0166 e. The van der Waals surface area contributed by atoms with Crippen LogP contribution in [0.5, 0.6) is 0 Å². The van der Waals surface area contributed by atoms with E-state index < -0.39 is 0 Å². The van der Waals surface area contributed by atoms with Crippen molar-refractivity contribution < 1.29 is 0 Å². The fraction of sp³-hybridized carbons (Fsp3) is 0.579. The summed E-state index contributed by atoms with van der Waals surface area (Å²) in [7, 11) is 0. The van der Waals surface area contributed by atoms with Crippen LogP contribution in [0, 0.1) is 5.41 Å². The molecule has 0 bridgehead atoms. The van der Waals surface area contributed by atoms with Crippen LogP contribution in [0.25, 0.3) is 6.08 Å². The predicted octanol–water partition coefficient (Wildman–Crippen LogP) is 3.56. The maximum absolute atomic E-state index is 3.52. The molecule has 0 aliphatic carbocycles. The van der Waals surface area contributed by atoms with Crippen molar-refractivity contribution in [3.05, 3.63) is 42.0 Å². The molecule has 0 aromatic heterocycles. The third-order valence-electron chi connectivity index (χ3n) is 5.28. The van der Waals surface area contributed by atoms with Crippen molar-refractivity contribution in [3.63, 3.8) is 0 Å². The minimum atomic E-state index is 0.656. The lowest BCUT2D eigenvalue weighted by Gasteiger charge is -2.37. The first-order valence-electron chi connectivity index (χ1n) is 8.51. The zero-order valence-corrected chi connectivity index (χ0v) is 13.1. The molecule has 3 rings (SSSR count). The molecule has 2 aliphatic heterocycles. The molecule has 1 aromatic carbocycles. The molecule has 2 aliphatic rings. The van der Waals surface area contributed by atoms with Crippen LogP contribution in [0.3, 0.4) is 0 Å². The lowest BCUT2D eigenvalue weighted by Crippen LogP contribution is -2.37. The van der Waals surface area contributed by atoms with Gasteiger partial charge in [-0.25, -0.2) is 0 Å². The lowest BCUT2D eigenvalue weighted by atomic mass is 9.73. The number of nitrogens with zero attached hydrogens (tertiary/aromatic N) is 1. The van der Waals surface area contributed by atoms with E-state index in [4.69, 9.17) is 0 Å². The van der Waals surface area contributed by atoms with Crippen molar-refractivity contribution in [1.82, 2.24) is 10.2 Å². The van der Waals surface area contributed by atoms with Crippen molar-refractivity contribution in [3.8, 4) is 0 Å². The highest BCUT2D eigenvalue weighted by atomic mass is 15.1. The van der Waals surface area contributed by atoms with Crippen LogP contribution in [0.2, 0.25) is 0 Å². The summed E-state index contributed by atoms with van der Waals surface area (Å²) in [6.45, 7) is 6.11. The number of likely N-dealkylation sites (tertiary alicyclic amines) is 1. The van der Waals surface area contributed by atoms with E-state index in [-0.39, 0.29) is 0 Å². The average Bonchev–Trinajstić information content (AvgIpc) is 2.72. The topological polar surface area (TPSA) is 15.3 Å². The fourth-order valence-electron chi connectivity index (χ4n) is 3.85. The standard InChI is InChI=1S/C19H28N2/c1-2-6-18(7-3-1)8-4-15-21-16-5-9-19(12-17-21)10-13-20-14-11-19/h1-4,6-8,20H,5,9-17H2. The van der Waals surface area contributed by atoms with Gasteiger partial charge in [0.15, 0.2) is 0 Å². The molecule has 21 heavy (non-hydrogen) atoms. The van der Waals surface area contributed by atoms with Gasteiger partial charge in [-0.3, -0.25) is 4.90 Å². The molecule has 0 atom stereocenters. The van der Waals surface area contributed by atoms with Gasteiger partial charge in [-0.05, 0) is 69.3 Å². The number of rotatable bonds is 3. The van der Waals surface area contributed by atoms with E-state index in [1.165, 1.54) is 63.8 Å². The first kappa shape index (κ1) is 14.8. The summed E-state index contributed by atoms with van der Waals surface area (Å²) in [5, 5.41) is 3.52. The van der Waals surface area contributed by atoms with Crippen molar-refractivity contribution in [2.45, 2.75) is 32.1 Å². The van der Waals surface area contributed by atoms with Crippen molar-refractivity contribution in [2.24, 2.45) is 5.41 Å². The van der Waals surface area contributed by atoms with Gasteiger partial charge in [0, 0.05) is 6.54 Å². The Morgan fingerprint density at radius 1 is 1.00 bits per heavy atom. The zero-order valence-electron chi connectivity index (χ0n) is 13.1. The number of hydrogen-bond donors (Lipinski definition) is 1. The Hall–Kier alpha value is -1.12. The first-order chi connectivity index (χ1) is 10.4. The first-order valence-corrected chi connectivity index (χ1v) is 8.51. The second-order valence-corrected chi connectivity index (χ2v) is 6.72. The fourth-order valence-corrected chi connectivity index (χ4v) is 3.85. The van der Waals surface area contributed by atoms with E-state index in [2.05, 4.69) is 52.7 Å². The van der Waals surface area contributed by atoms with E-state index >= 15 is 0 Å². The Kier molecular flexibility index (Phi) is 5.10.